The van der Waals surface area contributed by atoms with Gasteiger partial charge in [0.2, 0.25) is 5.16 Å². The van der Waals surface area contributed by atoms with E-state index in [4.69, 9.17) is 4.84 Å². The summed E-state index contributed by atoms with van der Waals surface area (Å²) in [4.78, 5) is 60.9. The summed E-state index contributed by atoms with van der Waals surface area (Å²) in [5, 5.41) is 40.8. The molecule has 2 aromatic rings. The van der Waals surface area contributed by atoms with Gasteiger partial charge in [-0.05, 0) is 42.9 Å². The lowest BCUT2D eigenvalue weighted by atomic mass is 10.00. The number of aromatic nitrogens is 5. The van der Waals surface area contributed by atoms with Crippen LogP contribution in [-0.2, 0) is 24.0 Å². The molecule has 0 bridgehead atoms. The van der Waals surface area contributed by atoms with Gasteiger partial charge in [0.05, 0.1) is 0 Å². The minimum Gasteiger partial charge on any atom is -0.477 e. The van der Waals surface area contributed by atoms with Gasteiger partial charge >= 0.3 is 18.1 Å². The molecule has 5 rings (SSSR count). The minimum absolute atomic E-state index is 0.137. The van der Waals surface area contributed by atoms with Crippen molar-refractivity contribution in [1.29, 1.82) is 0 Å². The van der Waals surface area contributed by atoms with Crippen molar-refractivity contribution in [1.82, 2.24) is 35.8 Å². The van der Waals surface area contributed by atoms with Crippen LogP contribution >= 0.6 is 34.9 Å². The zero-order valence-corrected chi connectivity index (χ0v) is 25.3. The number of nitrogens with zero attached hydrogens (tertiary/aromatic N) is 6. The number of aliphatic hydroxyl groups is 1. The third-order valence-corrected chi connectivity index (χ3v) is 10.1. The van der Waals surface area contributed by atoms with Crippen molar-refractivity contribution in [2.24, 2.45) is 5.16 Å². The Morgan fingerprint density at radius 1 is 1.29 bits per heavy atom. The van der Waals surface area contributed by atoms with Crippen molar-refractivity contribution in [3.63, 3.8) is 0 Å². The van der Waals surface area contributed by atoms with Crippen LogP contribution in [-0.4, -0.2) is 111 Å². The Kier molecular flexibility index (Phi) is 9.94. The van der Waals surface area contributed by atoms with E-state index in [0.29, 0.717) is 29.8 Å². The zero-order valence-electron chi connectivity index (χ0n) is 22.8. The van der Waals surface area contributed by atoms with Crippen LogP contribution in [0.5, 0.6) is 0 Å². The first-order chi connectivity index (χ1) is 21.5. The minimum atomic E-state index is -5.16. The fourth-order valence-electron chi connectivity index (χ4n) is 4.78. The molecule has 2 fully saturated rings. The maximum absolute atomic E-state index is 13.4. The summed E-state index contributed by atoms with van der Waals surface area (Å²) < 4.78 is 38.1. The third kappa shape index (κ3) is 7.23. The zero-order chi connectivity index (χ0) is 32.3. The lowest BCUT2D eigenvalue weighted by Gasteiger charge is -2.50. The Hall–Kier alpha value is -3.76. The smallest absolute Gasteiger partial charge is 0.471 e. The number of aliphatic hydroxyl groups excluding tert-OH is 1. The number of anilines is 1. The summed E-state index contributed by atoms with van der Waals surface area (Å²) in [7, 11) is 0. The van der Waals surface area contributed by atoms with Crippen molar-refractivity contribution in [3.8, 4) is 0 Å². The van der Waals surface area contributed by atoms with Crippen molar-refractivity contribution in [2.75, 3.05) is 17.7 Å². The summed E-state index contributed by atoms with van der Waals surface area (Å²) >= 11 is 2.88. The first-order valence-electron chi connectivity index (χ1n) is 13.3. The number of carboxylic acid groups (broad SMARTS) is 1. The number of alkyl halides is 3. The summed E-state index contributed by atoms with van der Waals surface area (Å²) in [6.45, 7) is -0.282. The number of thioether (sulfide) groups is 2. The van der Waals surface area contributed by atoms with Gasteiger partial charge in [0, 0.05) is 23.0 Å². The third-order valence-electron chi connectivity index (χ3n) is 6.88. The highest BCUT2D eigenvalue weighted by Crippen LogP contribution is 2.44. The molecule has 5 N–H and O–H groups in total. The molecule has 242 valence electrons. The number of rotatable bonds is 12. The van der Waals surface area contributed by atoms with Gasteiger partial charge in [-0.2, -0.15) is 18.4 Å². The summed E-state index contributed by atoms with van der Waals surface area (Å²) in [5.74, 6) is -5.16. The fourth-order valence-corrected chi connectivity index (χ4v) is 8.00. The Labute approximate surface area is 263 Å². The van der Waals surface area contributed by atoms with Gasteiger partial charge in [-0.15, -0.1) is 33.3 Å². The van der Waals surface area contributed by atoms with E-state index in [-0.39, 0.29) is 41.4 Å². The average Bonchev–Trinajstić information content (AvgIpc) is 3.79. The van der Waals surface area contributed by atoms with Gasteiger partial charge in [0.1, 0.15) is 28.9 Å². The molecule has 16 nitrogen and oxygen atoms in total. The second kappa shape index (κ2) is 13.7. The van der Waals surface area contributed by atoms with E-state index in [0.717, 1.165) is 29.5 Å². The number of amides is 3. The predicted octanol–water partition coefficient (Wildman–Crippen LogP) is 1.10. The Morgan fingerprint density at radius 2 is 2.04 bits per heavy atom. The SMILES string of the molecule is O=C(O)C1=C(C(CCO)Sc2nn[nH]n2)CS[C@@H]2C(NC(=O)C(=NOC3CCCC3)c3csc(NC(=O)C(F)(F)F)n3)C(=O)N12. The van der Waals surface area contributed by atoms with Crippen LogP contribution in [0.3, 0.4) is 0 Å². The largest absolute Gasteiger partial charge is 0.477 e. The normalized spacial score (nSPS) is 21.3. The van der Waals surface area contributed by atoms with E-state index in [1.54, 1.807) is 5.32 Å². The van der Waals surface area contributed by atoms with Crippen LogP contribution in [0.15, 0.2) is 27.0 Å². The van der Waals surface area contributed by atoms with Gasteiger partial charge in [-0.3, -0.25) is 24.6 Å². The molecule has 3 aliphatic rings. The number of nitrogens with one attached hydrogen (secondary N) is 3. The van der Waals surface area contributed by atoms with Crippen molar-refractivity contribution in [3.05, 3.63) is 22.3 Å². The molecule has 22 heteroatoms. The standard InChI is InChI=1S/C23H24F3N9O7S3/c24-23(25,26)20(41)29-21-27-11(8-44-21)13(32-42-9-3-1-2-4-9)16(37)28-14-17(38)35-15(19(39)40)10(7-43-18(14)35)12(5-6-36)45-22-30-33-34-31-22/h8-9,12,14,18,36H,1-7H2,(H,28,37)(H,39,40)(H,27,29,41)(H,30,31,33,34)/t12?,14?,18-/m1/s1. The lowest BCUT2D eigenvalue weighted by Crippen LogP contribution is -2.71. The van der Waals surface area contributed by atoms with Crippen LogP contribution in [0, 0.1) is 0 Å². The summed E-state index contributed by atoms with van der Waals surface area (Å²) in [5.41, 5.74) is -0.570. The highest BCUT2D eigenvalue weighted by atomic mass is 32.2. The van der Waals surface area contributed by atoms with Crippen molar-refractivity contribution < 1.29 is 47.4 Å². The van der Waals surface area contributed by atoms with Gasteiger partial charge in [0.15, 0.2) is 10.8 Å². The first kappa shape index (κ1) is 32.6. The number of carbonyl (C=O) groups is 4. The topological polar surface area (TPSA) is 225 Å². The molecule has 3 amide bonds. The van der Waals surface area contributed by atoms with Crippen molar-refractivity contribution >= 4 is 69.4 Å². The molecule has 0 spiro atoms. The van der Waals surface area contributed by atoms with Gasteiger partial charge < -0.3 is 20.4 Å². The molecule has 1 saturated heterocycles. The first-order valence-corrected chi connectivity index (χ1v) is 16.1. The maximum atomic E-state index is 13.4. The number of carbonyl (C=O) groups excluding carboxylic acids is 3. The molecule has 1 saturated carbocycles. The molecule has 2 aliphatic heterocycles. The van der Waals surface area contributed by atoms with Gasteiger partial charge in [-0.1, -0.05) is 16.9 Å². The number of H-pyrrole nitrogens is 1. The lowest BCUT2D eigenvalue weighted by molar-refractivity contribution is -0.167. The number of fused-ring (bicyclic) bond motifs is 1. The average molecular weight is 692 g/mol. The number of aliphatic carboxylic acids is 1. The number of β-lactam (4-membered cyclic amide) rings is 1. The molecule has 0 radical (unpaired) electrons. The number of oxime groups is 1. The Morgan fingerprint density at radius 3 is 2.69 bits per heavy atom. The molecule has 3 atom stereocenters. The van der Waals surface area contributed by atoms with E-state index < -0.39 is 57.4 Å². The van der Waals surface area contributed by atoms with Gasteiger partial charge in [-0.25, -0.2) is 9.78 Å². The van der Waals surface area contributed by atoms with E-state index in [1.165, 1.54) is 17.1 Å². The molecule has 1 aliphatic carbocycles. The summed E-state index contributed by atoms with van der Waals surface area (Å²) in [6.07, 6.45) is -2.22. The van der Waals surface area contributed by atoms with Crippen LogP contribution in [0.1, 0.15) is 37.8 Å². The Bertz CT molecular complexity index is 1510. The van der Waals surface area contributed by atoms with E-state index in [1.807, 2.05) is 0 Å². The molecule has 2 unspecified atom stereocenters. The van der Waals surface area contributed by atoms with E-state index in [2.05, 4.69) is 36.1 Å². The van der Waals surface area contributed by atoms with E-state index >= 15 is 0 Å². The van der Waals surface area contributed by atoms with Crippen LogP contribution in [0.2, 0.25) is 0 Å². The molecular formula is C23H24F3N9O7S3. The number of hydrogen-bond acceptors (Lipinski definition) is 14. The summed E-state index contributed by atoms with van der Waals surface area (Å²) in [6, 6.07) is -1.18. The predicted molar refractivity (Wildman–Crippen MR) is 152 cm³/mol. The number of carboxylic acids is 1. The van der Waals surface area contributed by atoms with Crippen molar-refractivity contribution in [2.45, 2.75) is 66.2 Å². The second-order valence-corrected chi connectivity index (χ2v) is 12.9. The number of hydrogen-bond donors (Lipinski definition) is 5. The number of thiazole rings is 1. The molecule has 2 aromatic heterocycles. The Balaban J connectivity index is 1.35. The molecular weight excluding hydrogens is 668 g/mol. The second-order valence-electron chi connectivity index (χ2n) is 9.79. The number of tetrazole rings is 1. The molecule has 4 heterocycles. The number of halogens is 3. The van der Waals surface area contributed by atoms with Gasteiger partial charge in [0.25, 0.3) is 11.8 Å². The highest BCUT2D eigenvalue weighted by molar-refractivity contribution is 8.01. The quantitative estimate of drug-likeness (QED) is 0.0911. The monoisotopic (exact) mass is 691 g/mol. The van der Waals surface area contributed by atoms with Crippen LogP contribution in [0.4, 0.5) is 18.3 Å². The highest BCUT2D eigenvalue weighted by Gasteiger charge is 2.55. The molecule has 0 aromatic carbocycles. The fraction of sp³-hybridized carbons (Fsp3) is 0.522. The maximum Gasteiger partial charge on any atom is 0.471 e. The van der Waals surface area contributed by atoms with Crippen LogP contribution in [0.25, 0.3) is 0 Å². The van der Waals surface area contributed by atoms with E-state index in [9.17, 15) is 42.6 Å². The molecule has 45 heavy (non-hydrogen) atoms. The number of aromatic amines is 1. The van der Waals surface area contributed by atoms with Crippen LogP contribution < -0.4 is 10.6 Å².